The van der Waals surface area contributed by atoms with E-state index in [2.05, 4.69) is 34.8 Å². The molecule has 31 heavy (non-hydrogen) atoms. The van der Waals surface area contributed by atoms with Crippen molar-refractivity contribution in [2.45, 2.75) is 32.4 Å². The minimum atomic E-state index is -1.11. The maximum atomic E-state index is 6.36. The van der Waals surface area contributed by atoms with Gasteiger partial charge in [-0.2, -0.15) is 0 Å². The lowest BCUT2D eigenvalue weighted by molar-refractivity contribution is 0.0898. The standard InChI is InChI=1S/C21H27Cl2N5O2Si/c1-27(2)13-24-16-11-17(22)20(18(23)12-16)30-19-10-15-6-7-28(21(15)26-25-19)14-29-8-9-31(3,4)5/h6-7,10-13H,8-9,14H2,1-5H3/b24-13+. The first-order chi connectivity index (χ1) is 14.6. The van der Waals surface area contributed by atoms with Crippen molar-refractivity contribution in [3.63, 3.8) is 0 Å². The summed E-state index contributed by atoms with van der Waals surface area (Å²) in [5.41, 5.74) is 1.36. The fourth-order valence-corrected chi connectivity index (χ4v) is 3.98. The molecule has 0 aliphatic rings. The predicted octanol–water partition coefficient (Wildman–Crippen LogP) is 6.06. The Balaban J connectivity index is 1.72. The third-order valence-corrected chi connectivity index (χ3v) is 6.61. The number of benzene rings is 1. The number of aromatic nitrogens is 3. The van der Waals surface area contributed by atoms with Crippen LogP contribution in [0.15, 0.2) is 35.5 Å². The summed E-state index contributed by atoms with van der Waals surface area (Å²) in [7, 11) is 2.65. The van der Waals surface area contributed by atoms with Crippen molar-refractivity contribution in [1.29, 1.82) is 0 Å². The van der Waals surface area contributed by atoms with E-state index in [0.29, 0.717) is 34.1 Å². The Labute approximate surface area is 193 Å². The highest BCUT2D eigenvalue weighted by Gasteiger charge is 2.14. The van der Waals surface area contributed by atoms with E-state index >= 15 is 0 Å². The molecule has 0 N–H and O–H groups in total. The van der Waals surface area contributed by atoms with Crippen LogP contribution in [-0.2, 0) is 11.5 Å². The molecular formula is C21H27Cl2N5O2Si. The van der Waals surface area contributed by atoms with Crippen molar-refractivity contribution in [2.75, 3.05) is 20.7 Å². The van der Waals surface area contributed by atoms with Gasteiger partial charge in [-0.25, -0.2) is 4.99 Å². The van der Waals surface area contributed by atoms with Crippen molar-refractivity contribution in [3.05, 3.63) is 40.5 Å². The molecule has 0 fully saturated rings. The van der Waals surface area contributed by atoms with E-state index in [9.17, 15) is 0 Å². The van der Waals surface area contributed by atoms with Crippen LogP contribution in [0.25, 0.3) is 11.0 Å². The first-order valence-corrected chi connectivity index (χ1v) is 14.4. The number of hydrogen-bond donors (Lipinski definition) is 0. The molecule has 1 aromatic carbocycles. The van der Waals surface area contributed by atoms with Gasteiger partial charge in [0.1, 0.15) is 6.73 Å². The van der Waals surface area contributed by atoms with Gasteiger partial charge in [-0.15, -0.1) is 10.2 Å². The normalized spacial score (nSPS) is 12.1. The number of aliphatic imine (C=N–C) groups is 1. The van der Waals surface area contributed by atoms with Crippen molar-refractivity contribution in [1.82, 2.24) is 19.7 Å². The lowest BCUT2D eigenvalue weighted by atomic mass is 10.3. The highest BCUT2D eigenvalue weighted by atomic mass is 35.5. The maximum absolute atomic E-state index is 6.36. The van der Waals surface area contributed by atoms with E-state index in [4.69, 9.17) is 32.7 Å². The Kier molecular flexibility index (Phi) is 7.58. The van der Waals surface area contributed by atoms with Gasteiger partial charge in [0.15, 0.2) is 11.4 Å². The molecule has 0 bridgehead atoms. The maximum Gasteiger partial charge on any atom is 0.239 e. The number of hydrogen-bond acceptors (Lipinski definition) is 5. The number of halogens is 2. The zero-order valence-electron chi connectivity index (χ0n) is 18.4. The Morgan fingerprint density at radius 2 is 1.84 bits per heavy atom. The smallest absolute Gasteiger partial charge is 0.239 e. The second-order valence-corrected chi connectivity index (χ2v) is 15.1. The van der Waals surface area contributed by atoms with Gasteiger partial charge in [0.2, 0.25) is 5.88 Å². The van der Waals surface area contributed by atoms with Crippen molar-refractivity contribution in [2.24, 2.45) is 4.99 Å². The molecule has 0 saturated heterocycles. The minimum absolute atomic E-state index is 0.304. The lowest BCUT2D eigenvalue weighted by Crippen LogP contribution is -2.22. The van der Waals surface area contributed by atoms with Gasteiger partial charge in [-0.05, 0) is 24.2 Å². The van der Waals surface area contributed by atoms with E-state index in [1.54, 1.807) is 24.5 Å². The number of nitrogens with zero attached hydrogens (tertiary/aromatic N) is 5. The first kappa shape index (κ1) is 23.5. The molecule has 2 aromatic heterocycles. The molecule has 3 rings (SSSR count). The van der Waals surface area contributed by atoms with Crippen molar-refractivity contribution in [3.8, 4) is 11.6 Å². The van der Waals surface area contributed by atoms with Gasteiger partial charge in [0.25, 0.3) is 0 Å². The van der Waals surface area contributed by atoms with Crippen LogP contribution < -0.4 is 4.74 Å². The van der Waals surface area contributed by atoms with Crippen LogP contribution in [0.3, 0.4) is 0 Å². The van der Waals surface area contributed by atoms with Gasteiger partial charge >= 0.3 is 0 Å². The largest absolute Gasteiger partial charge is 0.434 e. The highest BCUT2D eigenvalue weighted by molar-refractivity contribution is 6.76. The Bertz CT molecular complexity index is 1060. The summed E-state index contributed by atoms with van der Waals surface area (Å²) in [5.74, 6) is 0.619. The SMILES string of the molecule is CN(C)/C=N/c1cc(Cl)c(Oc2cc3ccn(COCC[Si](C)(C)C)c3nn2)c(Cl)c1. The summed E-state index contributed by atoms with van der Waals surface area (Å²) < 4.78 is 13.6. The Morgan fingerprint density at radius 1 is 1.13 bits per heavy atom. The molecule has 0 aliphatic heterocycles. The summed E-state index contributed by atoms with van der Waals surface area (Å²) in [6, 6.07) is 8.23. The Hall–Kier alpha value is -2.13. The van der Waals surface area contributed by atoms with E-state index in [-0.39, 0.29) is 0 Å². The topological polar surface area (TPSA) is 64.8 Å². The first-order valence-electron chi connectivity index (χ1n) is 9.90. The fourth-order valence-electron chi connectivity index (χ4n) is 2.67. The molecule has 0 aliphatic carbocycles. The molecule has 10 heteroatoms. The summed E-state index contributed by atoms with van der Waals surface area (Å²) in [4.78, 5) is 6.12. The lowest BCUT2D eigenvalue weighted by Gasteiger charge is -2.15. The van der Waals surface area contributed by atoms with E-state index in [1.807, 2.05) is 35.8 Å². The van der Waals surface area contributed by atoms with Crippen LogP contribution in [-0.4, -0.2) is 54.8 Å². The fraction of sp³-hybridized carbons (Fsp3) is 0.381. The molecular weight excluding hydrogens is 453 g/mol. The van der Waals surface area contributed by atoms with E-state index < -0.39 is 8.07 Å². The van der Waals surface area contributed by atoms with E-state index in [0.717, 1.165) is 23.7 Å². The highest BCUT2D eigenvalue weighted by Crippen LogP contribution is 2.39. The predicted molar refractivity (Wildman–Crippen MR) is 130 cm³/mol. The number of ether oxygens (including phenoxy) is 2. The molecule has 0 atom stereocenters. The summed E-state index contributed by atoms with van der Waals surface area (Å²) in [6.07, 6.45) is 3.59. The molecule has 0 amide bonds. The summed E-state index contributed by atoms with van der Waals surface area (Å²) >= 11 is 12.7. The van der Waals surface area contributed by atoms with Crippen LogP contribution in [0.5, 0.6) is 11.6 Å². The third-order valence-electron chi connectivity index (χ3n) is 4.34. The molecule has 2 heterocycles. The average Bonchev–Trinajstić information content (AvgIpc) is 3.08. The number of fused-ring (bicyclic) bond motifs is 1. The van der Waals surface area contributed by atoms with Crippen LogP contribution in [0.1, 0.15) is 0 Å². The van der Waals surface area contributed by atoms with Crippen molar-refractivity contribution < 1.29 is 9.47 Å². The molecule has 166 valence electrons. The average molecular weight is 480 g/mol. The van der Waals surface area contributed by atoms with Gasteiger partial charge in [0.05, 0.1) is 22.1 Å². The monoisotopic (exact) mass is 479 g/mol. The third kappa shape index (κ3) is 6.67. The Morgan fingerprint density at radius 3 is 2.48 bits per heavy atom. The van der Waals surface area contributed by atoms with Gasteiger partial charge < -0.3 is 18.9 Å². The summed E-state index contributed by atoms with van der Waals surface area (Å²) in [5, 5.41) is 10.0. The summed E-state index contributed by atoms with van der Waals surface area (Å²) in [6.45, 7) is 8.18. The molecule has 7 nitrogen and oxygen atoms in total. The van der Waals surface area contributed by atoms with Gasteiger partial charge in [-0.3, -0.25) is 0 Å². The number of rotatable bonds is 9. The minimum Gasteiger partial charge on any atom is -0.434 e. The van der Waals surface area contributed by atoms with E-state index in [1.165, 1.54) is 0 Å². The molecule has 0 saturated carbocycles. The van der Waals surface area contributed by atoms with Crippen LogP contribution in [0.4, 0.5) is 5.69 Å². The molecule has 0 radical (unpaired) electrons. The van der Waals surface area contributed by atoms with Gasteiger partial charge in [0, 0.05) is 46.4 Å². The van der Waals surface area contributed by atoms with Crippen molar-refractivity contribution >= 4 is 54.3 Å². The second-order valence-electron chi connectivity index (χ2n) is 8.64. The quantitative estimate of drug-likeness (QED) is 0.161. The van der Waals surface area contributed by atoms with Crippen LogP contribution in [0.2, 0.25) is 35.7 Å². The molecule has 0 unspecified atom stereocenters. The zero-order valence-corrected chi connectivity index (χ0v) is 20.9. The van der Waals surface area contributed by atoms with Gasteiger partial charge in [-0.1, -0.05) is 42.8 Å². The molecule has 3 aromatic rings. The zero-order chi connectivity index (χ0) is 22.6. The van der Waals surface area contributed by atoms with Crippen LogP contribution in [0, 0.1) is 0 Å². The molecule has 0 spiro atoms. The second kappa shape index (κ2) is 9.99. The van der Waals surface area contributed by atoms with Crippen LogP contribution >= 0.6 is 23.2 Å².